The van der Waals surface area contributed by atoms with E-state index in [1.807, 2.05) is 78.9 Å². The second-order valence-electron chi connectivity index (χ2n) is 11.7. The summed E-state index contributed by atoms with van der Waals surface area (Å²) in [5.41, 5.74) is 3.97. The number of hydrogen-bond acceptors (Lipinski definition) is 7. The molecule has 2 fully saturated rings. The minimum atomic E-state index is -0.610. The van der Waals surface area contributed by atoms with Crippen molar-refractivity contribution in [1.82, 2.24) is 4.90 Å². The molecule has 5 atom stereocenters. The summed E-state index contributed by atoms with van der Waals surface area (Å²) < 4.78 is 18.9. The lowest BCUT2D eigenvalue weighted by Gasteiger charge is -2.42. The lowest BCUT2D eigenvalue weighted by Crippen LogP contribution is -2.44. The minimum Gasteiger partial charge on any atom is -0.457 e. The number of hydrogen-bond donors (Lipinski definition) is 4. The number of aliphatic hydroxyl groups is 2. The molecule has 0 unspecified atom stereocenters. The Balaban J connectivity index is 1.10. The van der Waals surface area contributed by atoms with Crippen molar-refractivity contribution in [2.45, 2.75) is 44.6 Å². The maximum absolute atomic E-state index is 12.7. The first kappa shape index (κ1) is 30.8. The summed E-state index contributed by atoms with van der Waals surface area (Å²) in [6, 6.07) is 31.6. The molecule has 6 rings (SSSR count). The first-order chi connectivity index (χ1) is 21.9. The highest BCUT2D eigenvalue weighted by Crippen LogP contribution is 2.42. The zero-order valence-corrected chi connectivity index (χ0v) is 25.2. The number of aliphatic hydroxyl groups excluding tert-OH is 2. The van der Waals surface area contributed by atoms with Crippen molar-refractivity contribution in [3.05, 3.63) is 120 Å². The SMILES string of the molecule is C[C@H]1[C@@H](CN2CC[C@H](O)C2)O[C@@H](c2ccc(NC(=O)Nc3ccc(Oc4ccccc4)cc3)cc2)O[C@H]1c1ccc(CO)cc1. The number of benzene rings is 4. The number of amides is 2. The third-order valence-corrected chi connectivity index (χ3v) is 8.34. The molecule has 2 amide bonds. The second-order valence-corrected chi connectivity index (χ2v) is 11.7. The van der Waals surface area contributed by atoms with Gasteiger partial charge in [-0.1, -0.05) is 61.5 Å². The highest BCUT2D eigenvalue weighted by Gasteiger charge is 2.39. The lowest BCUT2D eigenvalue weighted by molar-refractivity contribution is -0.276. The van der Waals surface area contributed by atoms with E-state index in [-0.39, 0.29) is 36.9 Å². The Bertz CT molecular complexity index is 1530. The van der Waals surface area contributed by atoms with Crippen LogP contribution in [0.4, 0.5) is 16.2 Å². The molecule has 45 heavy (non-hydrogen) atoms. The molecule has 4 N–H and O–H groups in total. The van der Waals surface area contributed by atoms with E-state index in [0.29, 0.717) is 30.2 Å². The van der Waals surface area contributed by atoms with Crippen LogP contribution >= 0.6 is 0 Å². The molecule has 2 heterocycles. The molecule has 4 aromatic rings. The molecule has 4 aromatic carbocycles. The van der Waals surface area contributed by atoms with Crippen molar-refractivity contribution >= 4 is 17.4 Å². The maximum Gasteiger partial charge on any atom is 0.323 e. The molecule has 234 valence electrons. The highest BCUT2D eigenvalue weighted by molar-refractivity contribution is 5.99. The average Bonchev–Trinajstić information content (AvgIpc) is 3.48. The molecule has 0 aromatic heterocycles. The van der Waals surface area contributed by atoms with Crippen molar-refractivity contribution in [3.63, 3.8) is 0 Å². The Morgan fingerprint density at radius 2 is 1.47 bits per heavy atom. The summed E-state index contributed by atoms with van der Waals surface area (Å²) >= 11 is 0. The summed E-state index contributed by atoms with van der Waals surface area (Å²) in [6.07, 6.45) is -0.487. The number of ether oxygens (including phenoxy) is 3. The Morgan fingerprint density at radius 3 is 2.09 bits per heavy atom. The number of nitrogens with one attached hydrogen (secondary N) is 2. The van der Waals surface area contributed by atoms with Crippen LogP contribution in [0, 0.1) is 5.92 Å². The number of β-amino-alcohol motifs (C(OH)–C–C–N with tert-alkyl or cyclic N) is 1. The van der Waals surface area contributed by atoms with Crippen LogP contribution in [0.3, 0.4) is 0 Å². The molecule has 0 spiro atoms. The van der Waals surface area contributed by atoms with Crippen LogP contribution in [0.15, 0.2) is 103 Å². The predicted molar refractivity (Wildman–Crippen MR) is 172 cm³/mol. The van der Waals surface area contributed by atoms with Crippen molar-refractivity contribution < 1.29 is 29.2 Å². The second kappa shape index (κ2) is 14.2. The summed E-state index contributed by atoms with van der Waals surface area (Å²) in [7, 11) is 0. The van der Waals surface area contributed by atoms with Gasteiger partial charge in [0.05, 0.1) is 24.9 Å². The van der Waals surface area contributed by atoms with E-state index >= 15 is 0 Å². The van der Waals surface area contributed by atoms with Crippen LogP contribution in [0.2, 0.25) is 0 Å². The van der Waals surface area contributed by atoms with Gasteiger partial charge < -0.3 is 35.1 Å². The quantitative estimate of drug-likeness (QED) is 0.172. The zero-order valence-electron chi connectivity index (χ0n) is 25.2. The molecule has 0 saturated carbocycles. The minimum absolute atomic E-state index is 0.0125. The van der Waals surface area contributed by atoms with Crippen molar-refractivity contribution in [2.24, 2.45) is 5.92 Å². The highest BCUT2D eigenvalue weighted by atomic mass is 16.7. The molecular formula is C36H39N3O6. The van der Waals surface area contributed by atoms with Gasteiger partial charge in [-0.2, -0.15) is 0 Å². The van der Waals surface area contributed by atoms with Gasteiger partial charge >= 0.3 is 6.03 Å². The number of para-hydroxylation sites is 1. The standard InChI is InChI=1S/C36H39N3O6/c1-24-33(22-39-20-19-30(41)21-39)44-35(45-34(24)26-9-7-25(23-40)8-10-26)27-11-13-28(14-12-27)37-36(42)38-29-15-17-32(18-16-29)43-31-5-3-2-4-6-31/h2-18,24,30,33-35,40-41H,19-23H2,1H3,(H2,37,38,42)/t24-,30-,33+,34+,35+/m0/s1. The van der Waals surface area contributed by atoms with E-state index in [9.17, 15) is 15.0 Å². The predicted octanol–water partition coefficient (Wildman–Crippen LogP) is 6.47. The lowest BCUT2D eigenvalue weighted by atomic mass is 9.90. The molecule has 0 radical (unpaired) electrons. The molecule has 2 aliphatic rings. The monoisotopic (exact) mass is 609 g/mol. The molecule has 2 aliphatic heterocycles. The van der Waals surface area contributed by atoms with Gasteiger partial charge in [0.15, 0.2) is 6.29 Å². The fourth-order valence-electron chi connectivity index (χ4n) is 5.81. The van der Waals surface area contributed by atoms with Gasteiger partial charge in [-0.25, -0.2) is 4.79 Å². The van der Waals surface area contributed by atoms with Gasteiger partial charge in [-0.05, 0) is 66.1 Å². The molecular weight excluding hydrogens is 570 g/mol. The fraction of sp³-hybridized carbons (Fsp3) is 0.306. The van der Waals surface area contributed by atoms with Crippen LogP contribution < -0.4 is 15.4 Å². The maximum atomic E-state index is 12.7. The third kappa shape index (κ3) is 7.89. The van der Waals surface area contributed by atoms with Crippen LogP contribution in [0.5, 0.6) is 11.5 Å². The number of rotatable bonds is 9. The summed E-state index contributed by atoms with van der Waals surface area (Å²) in [4.78, 5) is 15.0. The van der Waals surface area contributed by atoms with Crippen LogP contribution in [-0.4, -0.2) is 53.0 Å². The summed E-state index contributed by atoms with van der Waals surface area (Å²) in [5, 5.41) is 25.3. The van der Waals surface area contributed by atoms with Gasteiger partial charge in [-0.3, -0.25) is 4.90 Å². The summed E-state index contributed by atoms with van der Waals surface area (Å²) in [6.45, 7) is 4.29. The van der Waals surface area contributed by atoms with Gasteiger partial charge in [-0.15, -0.1) is 0 Å². The molecule has 2 saturated heterocycles. The third-order valence-electron chi connectivity index (χ3n) is 8.34. The van der Waals surface area contributed by atoms with Crippen molar-refractivity contribution in [1.29, 1.82) is 0 Å². The van der Waals surface area contributed by atoms with Crippen molar-refractivity contribution in [3.8, 4) is 11.5 Å². The van der Waals surface area contributed by atoms with E-state index in [2.05, 4.69) is 22.5 Å². The number of anilines is 2. The van der Waals surface area contributed by atoms with Crippen LogP contribution in [-0.2, 0) is 16.1 Å². The first-order valence-corrected chi connectivity index (χ1v) is 15.4. The Kier molecular flexibility index (Phi) is 9.73. The fourth-order valence-corrected chi connectivity index (χ4v) is 5.81. The van der Waals surface area contributed by atoms with Gasteiger partial charge in [0.25, 0.3) is 0 Å². The number of likely N-dealkylation sites (tertiary alicyclic amines) is 1. The Labute approximate surface area is 263 Å². The number of urea groups is 1. The van der Waals surface area contributed by atoms with E-state index in [4.69, 9.17) is 14.2 Å². The first-order valence-electron chi connectivity index (χ1n) is 15.4. The molecule has 9 heteroatoms. The molecule has 0 aliphatic carbocycles. The van der Waals surface area contributed by atoms with E-state index < -0.39 is 6.29 Å². The average molecular weight is 610 g/mol. The van der Waals surface area contributed by atoms with E-state index in [1.54, 1.807) is 24.3 Å². The van der Waals surface area contributed by atoms with Gasteiger partial charge in [0.1, 0.15) is 11.5 Å². The molecule has 0 bridgehead atoms. The normalized spacial score (nSPS) is 23.4. The van der Waals surface area contributed by atoms with Crippen LogP contribution in [0.1, 0.15) is 42.4 Å². The Hall–Kier alpha value is -4.25. The van der Waals surface area contributed by atoms with Gasteiger partial charge in [0.2, 0.25) is 0 Å². The largest absolute Gasteiger partial charge is 0.457 e. The van der Waals surface area contributed by atoms with Crippen molar-refractivity contribution in [2.75, 3.05) is 30.3 Å². The smallest absolute Gasteiger partial charge is 0.323 e. The topological polar surface area (TPSA) is 113 Å². The number of carbonyl (C=O) groups is 1. The molecule has 9 nitrogen and oxygen atoms in total. The van der Waals surface area contributed by atoms with E-state index in [0.717, 1.165) is 35.4 Å². The van der Waals surface area contributed by atoms with E-state index in [1.165, 1.54) is 0 Å². The number of carbonyl (C=O) groups excluding carboxylic acids is 1. The Morgan fingerprint density at radius 1 is 0.844 bits per heavy atom. The summed E-state index contributed by atoms with van der Waals surface area (Å²) in [5.74, 6) is 1.48. The van der Waals surface area contributed by atoms with Crippen LogP contribution in [0.25, 0.3) is 0 Å². The number of nitrogens with zero attached hydrogens (tertiary/aromatic N) is 1. The zero-order chi connectivity index (χ0) is 31.2. The van der Waals surface area contributed by atoms with Gasteiger partial charge in [0, 0.05) is 42.5 Å².